The number of nitrogens with zero attached hydrogens (tertiary/aromatic N) is 1. The second-order valence-corrected chi connectivity index (χ2v) is 5.90. The molecule has 0 saturated heterocycles. The Labute approximate surface area is 137 Å². The van der Waals surface area contributed by atoms with E-state index in [-0.39, 0.29) is 0 Å². The average molecular weight is 321 g/mol. The molecule has 0 radical (unpaired) electrons. The van der Waals surface area contributed by atoms with E-state index < -0.39 is 0 Å². The Morgan fingerprint density at radius 1 is 1.18 bits per heavy atom. The first-order chi connectivity index (χ1) is 10.6. The quantitative estimate of drug-likeness (QED) is 0.656. The topological polar surface area (TPSA) is 54.9 Å². The molecule has 5 nitrogen and oxygen atoms in total. The van der Waals surface area contributed by atoms with Crippen molar-refractivity contribution in [2.24, 2.45) is 11.0 Å². The summed E-state index contributed by atoms with van der Waals surface area (Å²) < 4.78 is 10.5. The van der Waals surface area contributed by atoms with Crippen LogP contribution in [-0.4, -0.2) is 25.0 Å². The molecule has 22 heavy (non-hydrogen) atoms. The number of ether oxygens (including phenoxy) is 2. The van der Waals surface area contributed by atoms with E-state index in [1.165, 1.54) is 18.6 Å². The fraction of sp³-hybridized carbons (Fsp3) is 0.500. The van der Waals surface area contributed by atoms with Crippen LogP contribution in [0.25, 0.3) is 0 Å². The van der Waals surface area contributed by atoms with E-state index in [1.807, 2.05) is 18.2 Å². The third-order valence-corrected chi connectivity index (χ3v) is 4.00. The maximum Gasteiger partial charge on any atom is 0.191 e. The molecule has 2 rings (SSSR count). The van der Waals surface area contributed by atoms with Gasteiger partial charge in [-0.1, -0.05) is 6.92 Å². The maximum atomic E-state index is 5.27. The van der Waals surface area contributed by atoms with Crippen LogP contribution in [0.4, 0.5) is 5.69 Å². The highest BCUT2D eigenvalue weighted by Crippen LogP contribution is 2.29. The van der Waals surface area contributed by atoms with Crippen LogP contribution in [-0.2, 0) is 0 Å². The molecule has 1 aromatic rings. The van der Waals surface area contributed by atoms with Crippen LogP contribution in [0.1, 0.15) is 32.6 Å². The van der Waals surface area contributed by atoms with Gasteiger partial charge in [0.05, 0.1) is 14.2 Å². The fourth-order valence-corrected chi connectivity index (χ4v) is 2.57. The summed E-state index contributed by atoms with van der Waals surface area (Å²) in [4.78, 5) is 0. The Bertz CT molecular complexity index is 550. The lowest BCUT2D eigenvalue weighted by molar-refractivity contribution is 0.355. The van der Waals surface area contributed by atoms with Gasteiger partial charge < -0.3 is 14.8 Å². The minimum atomic E-state index is 0.471. The number of rotatable bonds is 4. The minimum absolute atomic E-state index is 0.471. The molecule has 0 amide bonds. The molecule has 2 N–H and O–H groups in total. The van der Waals surface area contributed by atoms with Gasteiger partial charge in [-0.05, 0) is 56.0 Å². The molecule has 0 aliphatic heterocycles. The Morgan fingerprint density at radius 3 is 2.50 bits per heavy atom. The first-order valence-corrected chi connectivity index (χ1v) is 7.87. The fourth-order valence-electron chi connectivity index (χ4n) is 2.41. The van der Waals surface area contributed by atoms with Gasteiger partial charge in [0.25, 0.3) is 0 Å². The monoisotopic (exact) mass is 321 g/mol. The number of thiocarbonyl (C=S) groups is 1. The maximum absolute atomic E-state index is 5.27. The normalized spacial score (nSPS) is 17.6. The summed E-state index contributed by atoms with van der Waals surface area (Å²) in [5, 5.41) is 7.96. The molecular weight excluding hydrogens is 298 g/mol. The zero-order valence-corrected chi connectivity index (χ0v) is 14.1. The smallest absolute Gasteiger partial charge is 0.191 e. The lowest BCUT2D eigenvalue weighted by Gasteiger charge is -2.19. The van der Waals surface area contributed by atoms with Gasteiger partial charge in [-0.2, -0.15) is 5.10 Å². The Hall–Kier alpha value is -1.82. The number of hydrazone groups is 1. The summed E-state index contributed by atoms with van der Waals surface area (Å²) in [6, 6.07) is 5.55. The van der Waals surface area contributed by atoms with Gasteiger partial charge in [0.1, 0.15) is 0 Å². The lowest BCUT2D eigenvalue weighted by Crippen LogP contribution is -2.26. The molecule has 1 aliphatic carbocycles. The number of hydrogen-bond donors (Lipinski definition) is 2. The van der Waals surface area contributed by atoms with E-state index in [9.17, 15) is 0 Å². The molecular formula is C16H23N3O2S. The number of benzene rings is 1. The van der Waals surface area contributed by atoms with Crippen LogP contribution in [0.2, 0.25) is 0 Å². The summed E-state index contributed by atoms with van der Waals surface area (Å²) in [7, 11) is 3.21. The molecule has 1 fully saturated rings. The number of nitrogens with one attached hydrogen (secondary N) is 2. The Kier molecular flexibility index (Phi) is 6.00. The zero-order valence-electron chi connectivity index (χ0n) is 13.3. The average Bonchev–Trinajstić information content (AvgIpc) is 2.54. The van der Waals surface area contributed by atoms with Crippen LogP contribution in [0.5, 0.6) is 11.5 Å². The highest BCUT2D eigenvalue weighted by Gasteiger charge is 2.13. The van der Waals surface area contributed by atoms with Gasteiger partial charge in [-0.15, -0.1) is 0 Å². The standard InChI is InChI=1S/C16H23N3O2S/c1-11-4-6-12(7-5-11)18-19-16(22)17-13-8-9-14(20-2)15(10-13)21-3/h8-11H,4-7H2,1-3H3,(H2,17,19,22). The summed E-state index contributed by atoms with van der Waals surface area (Å²) in [6.07, 6.45) is 4.51. The van der Waals surface area contributed by atoms with Gasteiger partial charge in [0.2, 0.25) is 0 Å². The second-order valence-electron chi connectivity index (χ2n) is 5.50. The molecule has 1 saturated carbocycles. The Morgan fingerprint density at radius 2 is 1.86 bits per heavy atom. The largest absolute Gasteiger partial charge is 0.493 e. The van der Waals surface area contributed by atoms with E-state index in [2.05, 4.69) is 22.8 Å². The highest BCUT2D eigenvalue weighted by atomic mass is 32.1. The van der Waals surface area contributed by atoms with Crippen LogP contribution >= 0.6 is 12.2 Å². The van der Waals surface area contributed by atoms with Crippen LogP contribution in [0, 0.1) is 5.92 Å². The molecule has 1 aromatic carbocycles. The zero-order chi connectivity index (χ0) is 15.9. The molecule has 1 aliphatic rings. The van der Waals surface area contributed by atoms with Gasteiger partial charge in [0, 0.05) is 17.5 Å². The van der Waals surface area contributed by atoms with Crippen molar-refractivity contribution in [1.29, 1.82) is 0 Å². The molecule has 120 valence electrons. The molecule has 0 heterocycles. The van der Waals surface area contributed by atoms with Crippen LogP contribution < -0.4 is 20.2 Å². The third kappa shape index (κ3) is 4.59. The predicted octanol–water partition coefficient (Wildman–Crippen LogP) is 3.56. The van der Waals surface area contributed by atoms with Crippen LogP contribution in [0.3, 0.4) is 0 Å². The van der Waals surface area contributed by atoms with Gasteiger partial charge in [-0.25, -0.2) is 0 Å². The van der Waals surface area contributed by atoms with E-state index >= 15 is 0 Å². The number of hydrogen-bond acceptors (Lipinski definition) is 4. The summed E-state index contributed by atoms with van der Waals surface area (Å²) in [5.74, 6) is 2.14. The van der Waals surface area contributed by atoms with Crippen molar-refractivity contribution < 1.29 is 9.47 Å². The predicted molar refractivity (Wildman–Crippen MR) is 94.0 cm³/mol. The third-order valence-electron chi connectivity index (χ3n) is 3.81. The van der Waals surface area contributed by atoms with E-state index in [4.69, 9.17) is 21.7 Å². The molecule has 0 unspecified atom stereocenters. The molecule has 6 heteroatoms. The van der Waals surface area contributed by atoms with Gasteiger partial charge >= 0.3 is 0 Å². The van der Waals surface area contributed by atoms with Crippen LogP contribution in [0.15, 0.2) is 23.3 Å². The van der Waals surface area contributed by atoms with Gasteiger partial charge in [-0.3, -0.25) is 5.43 Å². The minimum Gasteiger partial charge on any atom is -0.493 e. The summed E-state index contributed by atoms with van der Waals surface area (Å²) in [6.45, 7) is 2.29. The molecule has 0 aromatic heterocycles. The van der Waals surface area contributed by atoms with Crippen molar-refractivity contribution >= 4 is 28.7 Å². The molecule has 0 bridgehead atoms. The SMILES string of the molecule is COc1ccc(NC(=S)NN=C2CCC(C)CC2)cc1OC. The number of methoxy groups -OCH3 is 2. The number of anilines is 1. The molecule has 0 atom stereocenters. The van der Waals surface area contributed by atoms with Gasteiger partial charge in [0.15, 0.2) is 16.6 Å². The van der Waals surface area contributed by atoms with Crippen molar-refractivity contribution in [3.63, 3.8) is 0 Å². The Balaban J connectivity index is 1.90. The first kappa shape index (κ1) is 16.5. The van der Waals surface area contributed by atoms with Crippen molar-refractivity contribution in [2.45, 2.75) is 32.6 Å². The summed E-state index contributed by atoms with van der Waals surface area (Å²) in [5.41, 5.74) is 4.93. The van der Waals surface area contributed by atoms with Crippen molar-refractivity contribution in [3.8, 4) is 11.5 Å². The van der Waals surface area contributed by atoms with E-state index in [0.29, 0.717) is 16.6 Å². The highest BCUT2D eigenvalue weighted by molar-refractivity contribution is 7.80. The van der Waals surface area contributed by atoms with Crippen molar-refractivity contribution in [3.05, 3.63) is 18.2 Å². The lowest BCUT2D eigenvalue weighted by atomic mass is 9.90. The second kappa shape index (κ2) is 7.98. The first-order valence-electron chi connectivity index (χ1n) is 7.47. The molecule has 0 spiro atoms. The van der Waals surface area contributed by atoms with E-state index in [1.54, 1.807) is 14.2 Å². The summed E-state index contributed by atoms with van der Waals surface area (Å²) >= 11 is 5.27. The van der Waals surface area contributed by atoms with E-state index in [0.717, 1.165) is 24.4 Å². The van der Waals surface area contributed by atoms with Crippen molar-refractivity contribution in [1.82, 2.24) is 5.43 Å². The van der Waals surface area contributed by atoms with Crippen molar-refractivity contribution in [2.75, 3.05) is 19.5 Å².